The fourth-order valence-electron chi connectivity index (χ4n) is 1.54. The molecule has 0 unspecified atom stereocenters. The predicted molar refractivity (Wildman–Crippen MR) is 63.1 cm³/mol. The van der Waals surface area contributed by atoms with Gasteiger partial charge in [0.2, 0.25) is 0 Å². The molecular weight excluding hydrogens is 218 g/mol. The SMILES string of the molecule is Cc1cc(=O)n(-c2ccccc2)nc1C(N)=O. The van der Waals surface area contributed by atoms with Crippen molar-refractivity contribution in [2.75, 3.05) is 0 Å². The first-order valence-corrected chi connectivity index (χ1v) is 5.06. The Morgan fingerprint density at radius 1 is 1.29 bits per heavy atom. The standard InChI is InChI=1S/C12H11N3O2/c1-8-7-10(16)15(14-11(8)12(13)17)9-5-3-2-4-6-9/h2-7H,1H3,(H2,13,17). The smallest absolute Gasteiger partial charge is 0.271 e. The number of carbonyl (C=O) groups is 1. The molecule has 0 radical (unpaired) electrons. The zero-order valence-electron chi connectivity index (χ0n) is 9.25. The van der Waals surface area contributed by atoms with Crippen LogP contribution in [0.5, 0.6) is 0 Å². The van der Waals surface area contributed by atoms with Crippen molar-refractivity contribution >= 4 is 5.91 Å². The quantitative estimate of drug-likeness (QED) is 0.820. The van der Waals surface area contributed by atoms with Crippen LogP contribution in [0.2, 0.25) is 0 Å². The lowest BCUT2D eigenvalue weighted by molar-refractivity contribution is 0.0993. The molecule has 86 valence electrons. The Bertz CT molecular complexity index is 617. The van der Waals surface area contributed by atoms with Gasteiger partial charge in [0.1, 0.15) is 0 Å². The highest BCUT2D eigenvalue weighted by Crippen LogP contribution is 2.05. The number of rotatable bonds is 2. The van der Waals surface area contributed by atoms with Crippen molar-refractivity contribution in [1.82, 2.24) is 9.78 Å². The summed E-state index contributed by atoms with van der Waals surface area (Å²) in [7, 11) is 0. The van der Waals surface area contributed by atoms with Crippen molar-refractivity contribution in [3.8, 4) is 5.69 Å². The number of carbonyl (C=O) groups excluding carboxylic acids is 1. The van der Waals surface area contributed by atoms with E-state index in [4.69, 9.17) is 5.73 Å². The van der Waals surface area contributed by atoms with Gasteiger partial charge in [0, 0.05) is 6.07 Å². The van der Waals surface area contributed by atoms with E-state index in [1.165, 1.54) is 6.07 Å². The number of hydrogen-bond donors (Lipinski definition) is 1. The fourth-order valence-corrected chi connectivity index (χ4v) is 1.54. The number of nitrogens with zero attached hydrogens (tertiary/aromatic N) is 2. The van der Waals surface area contributed by atoms with Crippen molar-refractivity contribution in [2.24, 2.45) is 5.73 Å². The van der Waals surface area contributed by atoms with E-state index in [1.807, 2.05) is 6.07 Å². The molecule has 0 spiro atoms. The summed E-state index contributed by atoms with van der Waals surface area (Å²) in [6.07, 6.45) is 0. The lowest BCUT2D eigenvalue weighted by Crippen LogP contribution is -2.26. The highest BCUT2D eigenvalue weighted by Gasteiger charge is 2.11. The van der Waals surface area contributed by atoms with Gasteiger partial charge in [-0.25, -0.2) is 0 Å². The number of aryl methyl sites for hydroxylation is 1. The van der Waals surface area contributed by atoms with Crippen LogP contribution >= 0.6 is 0 Å². The van der Waals surface area contributed by atoms with Crippen molar-refractivity contribution in [3.05, 3.63) is 58.0 Å². The van der Waals surface area contributed by atoms with E-state index in [1.54, 1.807) is 31.2 Å². The minimum atomic E-state index is -0.646. The van der Waals surface area contributed by atoms with Crippen molar-refractivity contribution in [1.29, 1.82) is 0 Å². The van der Waals surface area contributed by atoms with Crippen LogP contribution < -0.4 is 11.3 Å². The van der Waals surface area contributed by atoms with E-state index in [0.29, 0.717) is 11.3 Å². The van der Waals surface area contributed by atoms with Crippen LogP contribution in [-0.4, -0.2) is 15.7 Å². The molecule has 1 aromatic heterocycles. The van der Waals surface area contributed by atoms with Gasteiger partial charge < -0.3 is 5.73 Å². The van der Waals surface area contributed by atoms with Crippen molar-refractivity contribution in [3.63, 3.8) is 0 Å². The minimum absolute atomic E-state index is 0.105. The number of hydrogen-bond acceptors (Lipinski definition) is 3. The number of para-hydroxylation sites is 1. The molecule has 1 amide bonds. The van der Waals surface area contributed by atoms with Gasteiger partial charge in [-0.15, -0.1) is 0 Å². The fraction of sp³-hybridized carbons (Fsp3) is 0.0833. The molecule has 0 aliphatic heterocycles. The Balaban J connectivity index is 2.67. The summed E-state index contributed by atoms with van der Waals surface area (Å²) < 4.78 is 1.16. The third-order valence-corrected chi connectivity index (χ3v) is 2.36. The zero-order chi connectivity index (χ0) is 12.4. The molecule has 2 aromatic rings. The van der Waals surface area contributed by atoms with E-state index >= 15 is 0 Å². The zero-order valence-corrected chi connectivity index (χ0v) is 9.25. The Labute approximate surface area is 97.5 Å². The third kappa shape index (κ3) is 2.08. The maximum absolute atomic E-state index is 11.8. The summed E-state index contributed by atoms with van der Waals surface area (Å²) >= 11 is 0. The van der Waals surface area contributed by atoms with Gasteiger partial charge in [0.25, 0.3) is 11.5 Å². The van der Waals surface area contributed by atoms with Crippen LogP contribution in [0, 0.1) is 6.92 Å². The summed E-state index contributed by atoms with van der Waals surface area (Å²) in [5.41, 5.74) is 6.09. The molecule has 0 saturated heterocycles. The van der Waals surface area contributed by atoms with E-state index < -0.39 is 5.91 Å². The van der Waals surface area contributed by atoms with Crippen LogP contribution in [-0.2, 0) is 0 Å². The third-order valence-electron chi connectivity index (χ3n) is 2.36. The molecule has 0 aliphatic carbocycles. The first kappa shape index (κ1) is 11.1. The first-order chi connectivity index (χ1) is 8.09. The Morgan fingerprint density at radius 3 is 2.53 bits per heavy atom. The molecule has 0 bridgehead atoms. The molecule has 1 aromatic carbocycles. The molecular formula is C12H11N3O2. The summed E-state index contributed by atoms with van der Waals surface area (Å²) in [6, 6.07) is 10.2. The average Bonchev–Trinajstić information content (AvgIpc) is 2.29. The van der Waals surface area contributed by atoms with Crippen LogP contribution in [0.4, 0.5) is 0 Å². The Hall–Kier alpha value is -2.43. The van der Waals surface area contributed by atoms with Gasteiger partial charge in [-0.2, -0.15) is 9.78 Å². The van der Waals surface area contributed by atoms with Gasteiger partial charge in [0.05, 0.1) is 5.69 Å². The Morgan fingerprint density at radius 2 is 1.94 bits per heavy atom. The normalized spacial score (nSPS) is 10.2. The molecule has 2 rings (SSSR count). The second-order valence-electron chi connectivity index (χ2n) is 3.63. The molecule has 0 saturated carbocycles. The van der Waals surface area contributed by atoms with Crippen LogP contribution in [0.1, 0.15) is 16.1 Å². The van der Waals surface area contributed by atoms with Crippen molar-refractivity contribution in [2.45, 2.75) is 6.92 Å². The number of benzene rings is 1. The van der Waals surface area contributed by atoms with E-state index in [2.05, 4.69) is 5.10 Å². The van der Waals surface area contributed by atoms with Crippen LogP contribution in [0.3, 0.4) is 0 Å². The number of aromatic nitrogens is 2. The van der Waals surface area contributed by atoms with E-state index in [0.717, 1.165) is 4.68 Å². The molecule has 5 heteroatoms. The summed E-state index contributed by atoms with van der Waals surface area (Å²) in [6.45, 7) is 1.63. The van der Waals surface area contributed by atoms with Crippen molar-refractivity contribution < 1.29 is 4.79 Å². The topological polar surface area (TPSA) is 78.0 Å². The van der Waals surface area contributed by atoms with E-state index in [9.17, 15) is 9.59 Å². The first-order valence-electron chi connectivity index (χ1n) is 5.06. The second kappa shape index (κ2) is 4.21. The van der Waals surface area contributed by atoms with Gasteiger partial charge in [-0.1, -0.05) is 18.2 Å². The molecule has 1 heterocycles. The lowest BCUT2D eigenvalue weighted by Gasteiger charge is -2.07. The highest BCUT2D eigenvalue weighted by molar-refractivity contribution is 5.91. The minimum Gasteiger partial charge on any atom is -0.364 e. The molecule has 0 atom stereocenters. The lowest BCUT2D eigenvalue weighted by atomic mass is 10.2. The highest BCUT2D eigenvalue weighted by atomic mass is 16.1. The maximum Gasteiger partial charge on any atom is 0.271 e. The molecule has 0 fully saturated rings. The van der Waals surface area contributed by atoms with Crippen LogP contribution in [0.25, 0.3) is 5.69 Å². The second-order valence-corrected chi connectivity index (χ2v) is 3.63. The van der Waals surface area contributed by atoms with Gasteiger partial charge in [-0.3, -0.25) is 9.59 Å². The summed E-state index contributed by atoms with van der Waals surface area (Å²) in [5.74, 6) is -0.646. The van der Waals surface area contributed by atoms with Gasteiger partial charge in [-0.05, 0) is 24.6 Å². The molecule has 0 aliphatic rings. The largest absolute Gasteiger partial charge is 0.364 e. The summed E-state index contributed by atoms with van der Waals surface area (Å²) in [4.78, 5) is 22.9. The maximum atomic E-state index is 11.8. The number of nitrogens with two attached hydrogens (primary N) is 1. The van der Waals surface area contributed by atoms with E-state index in [-0.39, 0.29) is 11.3 Å². The van der Waals surface area contributed by atoms with Crippen LogP contribution in [0.15, 0.2) is 41.2 Å². The number of primary amides is 1. The molecule has 17 heavy (non-hydrogen) atoms. The molecule has 2 N–H and O–H groups in total. The Kier molecular flexibility index (Phi) is 2.74. The predicted octanol–water partition coefficient (Wildman–Crippen LogP) is 0.640. The average molecular weight is 229 g/mol. The number of amides is 1. The monoisotopic (exact) mass is 229 g/mol. The molecule has 5 nitrogen and oxygen atoms in total. The van der Waals surface area contributed by atoms with Gasteiger partial charge >= 0.3 is 0 Å². The summed E-state index contributed by atoms with van der Waals surface area (Å²) in [5, 5.41) is 3.97. The van der Waals surface area contributed by atoms with Gasteiger partial charge in [0.15, 0.2) is 5.69 Å².